The summed E-state index contributed by atoms with van der Waals surface area (Å²) in [7, 11) is 0. The normalized spacial score (nSPS) is 27.9. The number of nitrogens with one attached hydrogen (secondary N) is 1. The Bertz CT molecular complexity index is 141. The molecule has 1 aliphatic heterocycles. The number of ether oxygens (including phenoxy) is 1. The van der Waals surface area contributed by atoms with Gasteiger partial charge in [0.15, 0.2) is 0 Å². The smallest absolute Gasteiger partial charge is 0.0509 e. The Morgan fingerprint density at radius 1 is 1.43 bits per heavy atom. The van der Waals surface area contributed by atoms with Crippen LogP contribution < -0.4 is 5.32 Å². The van der Waals surface area contributed by atoms with Gasteiger partial charge in [-0.15, -0.1) is 0 Å². The first kappa shape index (κ1) is 12.3. The van der Waals surface area contributed by atoms with Crippen LogP contribution in [0.15, 0.2) is 0 Å². The third kappa shape index (κ3) is 4.20. The molecule has 0 aromatic carbocycles. The van der Waals surface area contributed by atoms with Crippen LogP contribution in [0.2, 0.25) is 0 Å². The summed E-state index contributed by atoms with van der Waals surface area (Å²) in [4.78, 5) is 0. The highest BCUT2D eigenvalue weighted by Crippen LogP contribution is 2.20. The van der Waals surface area contributed by atoms with Crippen LogP contribution in [0.25, 0.3) is 0 Å². The predicted molar refractivity (Wildman–Crippen MR) is 64.0 cm³/mol. The minimum absolute atomic E-state index is 0.700. The average Bonchev–Trinajstić information content (AvgIpc) is 2.21. The monoisotopic (exact) mass is 217 g/mol. The molecule has 2 nitrogen and oxygen atoms in total. The predicted octanol–water partition coefficient (Wildman–Crippen LogP) is 2.14. The fourth-order valence-corrected chi connectivity index (χ4v) is 2.75. The van der Waals surface area contributed by atoms with E-state index in [1.54, 1.807) is 0 Å². The Hall–Kier alpha value is 0.270. The van der Waals surface area contributed by atoms with Crippen molar-refractivity contribution in [1.82, 2.24) is 5.32 Å². The van der Waals surface area contributed by atoms with E-state index >= 15 is 0 Å². The highest BCUT2D eigenvalue weighted by Gasteiger charge is 2.24. The maximum Gasteiger partial charge on any atom is 0.0509 e. The first-order chi connectivity index (χ1) is 6.88. The molecule has 0 saturated carbocycles. The summed E-state index contributed by atoms with van der Waals surface area (Å²) in [6.45, 7) is 7.40. The summed E-state index contributed by atoms with van der Waals surface area (Å²) in [5.41, 5.74) is 0. The van der Waals surface area contributed by atoms with Crippen LogP contribution in [0.1, 0.15) is 26.7 Å². The van der Waals surface area contributed by atoms with E-state index in [-0.39, 0.29) is 0 Å². The van der Waals surface area contributed by atoms with Crippen molar-refractivity contribution >= 4 is 11.8 Å². The lowest BCUT2D eigenvalue weighted by molar-refractivity contribution is 0.0316. The van der Waals surface area contributed by atoms with Gasteiger partial charge >= 0.3 is 0 Å². The standard InChI is InChI=1S/C11H23NOS/c1-3-12-11-5-7-13-9-10(11)6-8-14-4-2/h10-12H,3-9H2,1-2H3. The van der Waals surface area contributed by atoms with E-state index in [4.69, 9.17) is 4.74 Å². The molecule has 1 saturated heterocycles. The van der Waals surface area contributed by atoms with Gasteiger partial charge in [0.25, 0.3) is 0 Å². The molecule has 1 aliphatic rings. The molecule has 0 aromatic heterocycles. The van der Waals surface area contributed by atoms with Crippen molar-refractivity contribution in [1.29, 1.82) is 0 Å². The zero-order valence-electron chi connectivity index (χ0n) is 9.42. The molecule has 2 unspecified atom stereocenters. The van der Waals surface area contributed by atoms with Gasteiger partial charge in [-0.1, -0.05) is 13.8 Å². The van der Waals surface area contributed by atoms with Crippen molar-refractivity contribution in [2.24, 2.45) is 5.92 Å². The SMILES string of the molecule is CCNC1CCOCC1CCSCC. The quantitative estimate of drug-likeness (QED) is 0.689. The van der Waals surface area contributed by atoms with E-state index in [0.29, 0.717) is 6.04 Å². The summed E-state index contributed by atoms with van der Waals surface area (Å²) in [5.74, 6) is 3.26. The zero-order valence-corrected chi connectivity index (χ0v) is 10.2. The second kappa shape index (κ2) is 7.55. The lowest BCUT2D eigenvalue weighted by atomic mass is 9.93. The molecule has 0 radical (unpaired) electrons. The van der Waals surface area contributed by atoms with Gasteiger partial charge in [-0.2, -0.15) is 11.8 Å². The third-order valence-corrected chi connectivity index (χ3v) is 3.71. The Kier molecular flexibility index (Phi) is 6.65. The van der Waals surface area contributed by atoms with Crippen molar-refractivity contribution in [2.45, 2.75) is 32.7 Å². The minimum atomic E-state index is 0.700. The molecule has 0 aliphatic carbocycles. The topological polar surface area (TPSA) is 21.3 Å². The number of thioether (sulfide) groups is 1. The molecule has 84 valence electrons. The van der Waals surface area contributed by atoms with Crippen LogP contribution in [0.4, 0.5) is 0 Å². The lowest BCUT2D eigenvalue weighted by Crippen LogP contribution is -2.42. The molecule has 1 fully saturated rings. The average molecular weight is 217 g/mol. The van der Waals surface area contributed by atoms with Crippen LogP contribution >= 0.6 is 11.8 Å². The molecule has 1 heterocycles. The van der Waals surface area contributed by atoms with Crippen molar-refractivity contribution in [3.8, 4) is 0 Å². The van der Waals surface area contributed by atoms with Gasteiger partial charge in [0.1, 0.15) is 0 Å². The maximum absolute atomic E-state index is 5.54. The van der Waals surface area contributed by atoms with E-state index in [1.165, 1.54) is 24.3 Å². The summed E-state index contributed by atoms with van der Waals surface area (Å²) in [5, 5.41) is 3.57. The molecule has 0 bridgehead atoms. The molecule has 0 aromatic rings. The lowest BCUT2D eigenvalue weighted by Gasteiger charge is -2.32. The molecule has 1 N–H and O–H groups in total. The Morgan fingerprint density at radius 2 is 2.29 bits per heavy atom. The van der Waals surface area contributed by atoms with Crippen molar-refractivity contribution in [3.63, 3.8) is 0 Å². The van der Waals surface area contributed by atoms with Crippen LogP contribution in [0, 0.1) is 5.92 Å². The van der Waals surface area contributed by atoms with Crippen molar-refractivity contribution in [3.05, 3.63) is 0 Å². The van der Waals surface area contributed by atoms with Gasteiger partial charge in [0.05, 0.1) is 6.61 Å². The van der Waals surface area contributed by atoms with E-state index in [9.17, 15) is 0 Å². The molecule has 1 rings (SSSR count). The number of rotatable bonds is 6. The van der Waals surface area contributed by atoms with Crippen LogP contribution in [0.5, 0.6) is 0 Å². The van der Waals surface area contributed by atoms with E-state index in [2.05, 4.69) is 19.2 Å². The Morgan fingerprint density at radius 3 is 3.00 bits per heavy atom. The minimum Gasteiger partial charge on any atom is -0.381 e. The van der Waals surface area contributed by atoms with Gasteiger partial charge in [-0.05, 0) is 36.8 Å². The fourth-order valence-electron chi connectivity index (χ4n) is 1.99. The molecule has 3 heteroatoms. The summed E-state index contributed by atoms with van der Waals surface area (Å²) < 4.78 is 5.54. The van der Waals surface area contributed by atoms with Crippen LogP contribution in [-0.4, -0.2) is 37.3 Å². The summed E-state index contributed by atoms with van der Waals surface area (Å²) in [6, 6.07) is 0.700. The van der Waals surface area contributed by atoms with Gasteiger partial charge in [0.2, 0.25) is 0 Å². The maximum atomic E-state index is 5.54. The Labute approximate surface area is 92.2 Å². The summed E-state index contributed by atoms with van der Waals surface area (Å²) >= 11 is 2.04. The Balaban J connectivity index is 2.22. The first-order valence-electron chi connectivity index (χ1n) is 5.77. The van der Waals surface area contributed by atoms with Gasteiger partial charge in [0, 0.05) is 12.6 Å². The van der Waals surface area contributed by atoms with E-state index in [1.807, 2.05) is 11.8 Å². The van der Waals surface area contributed by atoms with E-state index in [0.717, 1.165) is 25.7 Å². The largest absolute Gasteiger partial charge is 0.381 e. The van der Waals surface area contributed by atoms with Crippen molar-refractivity contribution < 1.29 is 4.74 Å². The molecule has 0 amide bonds. The van der Waals surface area contributed by atoms with Gasteiger partial charge < -0.3 is 10.1 Å². The molecular weight excluding hydrogens is 194 g/mol. The molecular formula is C11H23NOS. The highest BCUT2D eigenvalue weighted by atomic mass is 32.2. The number of hydrogen-bond donors (Lipinski definition) is 1. The second-order valence-corrected chi connectivity index (χ2v) is 5.17. The fraction of sp³-hybridized carbons (Fsp3) is 1.00. The van der Waals surface area contributed by atoms with E-state index < -0.39 is 0 Å². The highest BCUT2D eigenvalue weighted by molar-refractivity contribution is 7.99. The van der Waals surface area contributed by atoms with Gasteiger partial charge in [-0.25, -0.2) is 0 Å². The zero-order chi connectivity index (χ0) is 10.2. The number of hydrogen-bond acceptors (Lipinski definition) is 3. The second-order valence-electron chi connectivity index (χ2n) is 3.77. The molecule has 0 spiro atoms. The molecule has 2 atom stereocenters. The molecule has 14 heavy (non-hydrogen) atoms. The van der Waals surface area contributed by atoms with Crippen LogP contribution in [0.3, 0.4) is 0 Å². The third-order valence-electron chi connectivity index (χ3n) is 2.78. The van der Waals surface area contributed by atoms with Crippen molar-refractivity contribution in [2.75, 3.05) is 31.3 Å². The van der Waals surface area contributed by atoms with Crippen LogP contribution in [-0.2, 0) is 4.74 Å². The summed E-state index contributed by atoms with van der Waals surface area (Å²) in [6.07, 6.45) is 2.49. The van der Waals surface area contributed by atoms with Gasteiger partial charge in [-0.3, -0.25) is 0 Å². The first-order valence-corrected chi connectivity index (χ1v) is 6.92.